The van der Waals surface area contributed by atoms with Gasteiger partial charge in [-0.2, -0.15) is 0 Å². The molecule has 0 unspecified atom stereocenters. The van der Waals surface area contributed by atoms with Gasteiger partial charge in [0, 0.05) is 12.2 Å². The van der Waals surface area contributed by atoms with Gasteiger partial charge >= 0.3 is 0 Å². The summed E-state index contributed by atoms with van der Waals surface area (Å²) in [4.78, 5) is 0. The van der Waals surface area contributed by atoms with Gasteiger partial charge in [0.15, 0.2) is 11.0 Å². The van der Waals surface area contributed by atoms with E-state index in [4.69, 9.17) is 4.74 Å². The number of rotatable bonds is 4. The van der Waals surface area contributed by atoms with Crippen LogP contribution in [0.25, 0.3) is 11.4 Å². The van der Waals surface area contributed by atoms with Crippen LogP contribution in [0, 0.1) is 5.82 Å². The number of benzene rings is 1. The van der Waals surface area contributed by atoms with Crippen molar-refractivity contribution >= 4 is 11.8 Å². The minimum Gasteiger partial charge on any atom is -0.376 e. The molecule has 0 amide bonds. The minimum atomic E-state index is -0.246. The van der Waals surface area contributed by atoms with Crippen molar-refractivity contribution in [1.29, 1.82) is 0 Å². The Morgan fingerprint density at radius 1 is 1.35 bits per heavy atom. The number of aromatic nitrogens is 3. The fourth-order valence-corrected chi connectivity index (χ4v) is 2.91. The van der Waals surface area contributed by atoms with Gasteiger partial charge in [0.2, 0.25) is 0 Å². The number of ether oxygens (including phenoxy) is 1. The number of nitrogens with zero attached hydrogens (tertiary/aromatic N) is 3. The molecule has 1 aliphatic rings. The van der Waals surface area contributed by atoms with E-state index in [1.807, 2.05) is 6.26 Å². The number of hydrogen-bond donors (Lipinski definition) is 0. The van der Waals surface area contributed by atoms with Gasteiger partial charge in [-0.15, -0.1) is 10.2 Å². The molecule has 20 heavy (non-hydrogen) atoms. The van der Waals surface area contributed by atoms with Crippen LogP contribution in [0.2, 0.25) is 0 Å². The van der Waals surface area contributed by atoms with Crippen molar-refractivity contribution in [2.24, 2.45) is 0 Å². The Morgan fingerprint density at radius 3 is 2.80 bits per heavy atom. The largest absolute Gasteiger partial charge is 0.376 e. The van der Waals surface area contributed by atoms with E-state index in [9.17, 15) is 4.39 Å². The van der Waals surface area contributed by atoms with E-state index in [-0.39, 0.29) is 11.9 Å². The summed E-state index contributed by atoms with van der Waals surface area (Å²) >= 11 is 1.56. The van der Waals surface area contributed by atoms with Crippen LogP contribution in [-0.2, 0) is 11.3 Å². The smallest absolute Gasteiger partial charge is 0.191 e. The molecule has 1 saturated heterocycles. The third kappa shape index (κ3) is 2.71. The third-order valence-electron chi connectivity index (χ3n) is 3.41. The Kier molecular flexibility index (Phi) is 4.03. The number of halogens is 1. The van der Waals surface area contributed by atoms with E-state index in [1.54, 1.807) is 23.9 Å². The van der Waals surface area contributed by atoms with E-state index in [2.05, 4.69) is 14.8 Å². The standard InChI is InChI=1S/C14H16FN3OS/c1-20-14-17-16-13(10-4-6-11(15)7-5-10)18(14)9-12-3-2-8-19-12/h4-7,12H,2-3,8-9H2,1H3/t12-/m1/s1. The zero-order valence-electron chi connectivity index (χ0n) is 11.3. The molecule has 0 N–H and O–H groups in total. The van der Waals surface area contributed by atoms with Gasteiger partial charge < -0.3 is 4.74 Å². The summed E-state index contributed by atoms with van der Waals surface area (Å²) in [6, 6.07) is 6.35. The summed E-state index contributed by atoms with van der Waals surface area (Å²) in [6.45, 7) is 1.57. The second-order valence-corrected chi connectivity index (χ2v) is 5.54. The molecule has 0 spiro atoms. The van der Waals surface area contributed by atoms with Crippen molar-refractivity contribution in [3.05, 3.63) is 30.1 Å². The maximum Gasteiger partial charge on any atom is 0.191 e. The average molecular weight is 293 g/mol. The zero-order valence-corrected chi connectivity index (χ0v) is 12.1. The first-order chi connectivity index (χ1) is 9.78. The molecule has 1 aliphatic heterocycles. The summed E-state index contributed by atoms with van der Waals surface area (Å²) in [5.74, 6) is 0.522. The molecular formula is C14H16FN3OS. The summed E-state index contributed by atoms with van der Waals surface area (Å²) in [5, 5.41) is 9.31. The lowest BCUT2D eigenvalue weighted by Crippen LogP contribution is -2.16. The molecule has 0 bridgehead atoms. The number of thioether (sulfide) groups is 1. The maximum absolute atomic E-state index is 13.0. The van der Waals surface area contributed by atoms with Crippen LogP contribution < -0.4 is 0 Å². The normalized spacial score (nSPS) is 18.6. The highest BCUT2D eigenvalue weighted by Gasteiger charge is 2.21. The highest BCUT2D eigenvalue weighted by atomic mass is 32.2. The topological polar surface area (TPSA) is 39.9 Å². The Morgan fingerprint density at radius 2 is 2.15 bits per heavy atom. The van der Waals surface area contributed by atoms with Gasteiger partial charge in [-0.1, -0.05) is 11.8 Å². The molecule has 2 aromatic rings. The molecule has 6 heteroatoms. The second-order valence-electron chi connectivity index (χ2n) is 4.76. The van der Waals surface area contributed by atoms with E-state index in [0.29, 0.717) is 0 Å². The van der Waals surface area contributed by atoms with E-state index >= 15 is 0 Å². The van der Waals surface area contributed by atoms with Crippen LogP contribution in [0.15, 0.2) is 29.4 Å². The van der Waals surface area contributed by atoms with Crippen molar-refractivity contribution in [3.63, 3.8) is 0 Å². The molecule has 2 heterocycles. The maximum atomic E-state index is 13.0. The van der Waals surface area contributed by atoms with Crippen molar-refractivity contribution in [1.82, 2.24) is 14.8 Å². The van der Waals surface area contributed by atoms with Crippen LogP contribution in [0.3, 0.4) is 0 Å². The molecule has 1 aromatic carbocycles. The van der Waals surface area contributed by atoms with Crippen LogP contribution in [-0.4, -0.2) is 33.7 Å². The second kappa shape index (κ2) is 5.93. The fraction of sp³-hybridized carbons (Fsp3) is 0.429. The Labute approximate surface area is 121 Å². The summed E-state index contributed by atoms with van der Waals surface area (Å²) in [6.07, 6.45) is 4.36. The van der Waals surface area contributed by atoms with Crippen molar-refractivity contribution in [2.75, 3.05) is 12.9 Å². The van der Waals surface area contributed by atoms with Crippen LogP contribution in [0.1, 0.15) is 12.8 Å². The molecule has 0 radical (unpaired) electrons. The lowest BCUT2D eigenvalue weighted by Gasteiger charge is -2.14. The van der Waals surface area contributed by atoms with Crippen LogP contribution in [0.5, 0.6) is 0 Å². The molecule has 0 aliphatic carbocycles. The lowest BCUT2D eigenvalue weighted by molar-refractivity contribution is 0.0953. The molecule has 1 fully saturated rings. The van der Waals surface area contributed by atoms with Crippen LogP contribution in [0.4, 0.5) is 4.39 Å². The molecule has 0 saturated carbocycles. The van der Waals surface area contributed by atoms with Gasteiger partial charge in [0.05, 0.1) is 12.6 Å². The Bertz CT molecular complexity index is 579. The van der Waals surface area contributed by atoms with Gasteiger partial charge in [0.25, 0.3) is 0 Å². The third-order valence-corrected chi connectivity index (χ3v) is 4.08. The molecule has 106 valence electrons. The fourth-order valence-electron chi connectivity index (χ4n) is 2.41. The Hall–Kier alpha value is -1.40. The first-order valence-corrected chi connectivity index (χ1v) is 7.85. The Balaban J connectivity index is 1.93. The molecule has 1 aromatic heterocycles. The molecule has 3 rings (SSSR count). The highest BCUT2D eigenvalue weighted by Crippen LogP contribution is 2.25. The number of hydrogen-bond acceptors (Lipinski definition) is 4. The van der Waals surface area contributed by atoms with Gasteiger partial charge in [-0.05, 0) is 43.4 Å². The van der Waals surface area contributed by atoms with E-state index in [0.717, 1.165) is 42.5 Å². The first kappa shape index (κ1) is 13.6. The van der Waals surface area contributed by atoms with Crippen molar-refractivity contribution in [2.45, 2.75) is 30.6 Å². The predicted molar refractivity (Wildman–Crippen MR) is 76.2 cm³/mol. The zero-order chi connectivity index (χ0) is 13.9. The van der Waals surface area contributed by atoms with Gasteiger partial charge in [0.1, 0.15) is 5.82 Å². The predicted octanol–water partition coefficient (Wildman–Crippen LogP) is 2.99. The van der Waals surface area contributed by atoms with Crippen molar-refractivity contribution in [3.8, 4) is 11.4 Å². The monoisotopic (exact) mass is 293 g/mol. The lowest BCUT2D eigenvalue weighted by atomic mass is 10.2. The highest BCUT2D eigenvalue weighted by molar-refractivity contribution is 7.98. The van der Waals surface area contributed by atoms with Gasteiger partial charge in [-0.25, -0.2) is 4.39 Å². The van der Waals surface area contributed by atoms with Crippen molar-refractivity contribution < 1.29 is 9.13 Å². The average Bonchev–Trinajstić information content (AvgIpc) is 3.10. The summed E-state index contributed by atoms with van der Waals surface area (Å²) < 4.78 is 20.8. The first-order valence-electron chi connectivity index (χ1n) is 6.62. The van der Waals surface area contributed by atoms with Crippen LogP contribution >= 0.6 is 11.8 Å². The van der Waals surface area contributed by atoms with E-state index < -0.39 is 0 Å². The molecule has 1 atom stereocenters. The quantitative estimate of drug-likeness (QED) is 0.813. The SMILES string of the molecule is CSc1nnc(-c2ccc(F)cc2)n1C[C@H]1CCCO1. The minimum absolute atomic E-state index is 0.219. The molecule has 4 nitrogen and oxygen atoms in total. The summed E-state index contributed by atoms with van der Waals surface area (Å²) in [5.41, 5.74) is 0.872. The molecular weight excluding hydrogens is 277 g/mol. The summed E-state index contributed by atoms with van der Waals surface area (Å²) in [7, 11) is 0. The van der Waals surface area contributed by atoms with E-state index in [1.165, 1.54) is 12.1 Å². The van der Waals surface area contributed by atoms with Gasteiger partial charge in [-0.3, -0.25) is 4.57 Å².